The van der Waals surface area contributed by atoms with Gasteiger partial charge in [0.2, 0.25) is 0 Å². The summed E-state index contributed by atoms with van der Waals surface area (Å²) in [6, 6.07) is 0. The normalized spacial score (nSPS) is 13.4. The zero-order valence-corrected chi connectivity index (χ0v) is 39.8. The summed E-state index contributed by atoms with van der Waals surface area (Å²) in [5, 5.41) is 0. The first kappa shape index (κ1) is 57.5. The predicted octanol–water partition coefficient (Wildman–Crippen LogP) is 16.2. The molecule has 2 unspecified atom stereocenters. The Labute approximate surface area is 364 Å². The van der Waals surface area contributed by atoms with Crippen LogP contribution in [0.15, 0.2) is 24.3 Å². The van der Waals surface area contributed by atoms with Crippen molar-refractivity contribution >= 4 is 19.8 Å². The Kier molecular flexibility index (Phi) is 44.9. The molecule has 0 heterocycles. The number of allylic oxidation sites excluding steroid dienone is 4. The van der Waals surface area contributed by atoms with Gasteiger partial charge in [-0.25, -0.2) is 4.57 Å². The number of phosphoric ester groups is 1. The first-order chi connectivity index (χ1) is 28.8. The first-order valence-electron chi connectivity index (χ1n) is 25.0. The van der Waals surface area contributed by atoms with Gasteiger partial charge in [0.05, 0.1) is 6.61 Å². The summed E-state index contributed by atoms with van der Waals surface area (Å²) in [6.07, 6.45) is 53.8. The second-order valence-corrected chi connectivity index (χ2v) is 18.5. The van der Waals surface area contributed by atoms with Gasteiger partial charge in [-0.15, -0.1) is 0 Å². The van der Waals surface area contributed by atoms with Crippen molar-refractivity contribution in [3.8, 4) is 0 Å². The van der Waals surface area contributed by atoms with Crippen molar-refractivity contribution in [3.63, 3.8) is 0 Å². The first-order valence-corrected chi connectivity index (χ1v) is 26.5. The average Bonchev–Trinajstić information content (AvgIpc) is 3.23. The largest absolute Gasteiger partial charge is 0.472 e. The molecular formula is C50H95O8P. The van der Waals surface area contributed by atoms with Crippen LogP contribution in [0.2, 0.25) is 0 Å². The van der Waals surface area contributed by atoms with Gasteiger partial charge in [-0.3, -0.25) is 18.6 Å². The van der Waals surface area contributed by atoms with Gasteiger partial charge in [-0.1, -0.05) is 224 Å². The number of rotatable bonds is 47. The second kappa shape index (κ2) is 46.0. The van der Waals surface area contributed by atoms with Crippen LogP contribution < -0.4 is 0 Å². The van der Waals surface area contributed by atoms with E-state index >= 15 is 0 Å². The van der Waals surface area contributed by atoms with Crippen molar-refractivity contribution in [3.05, 3.63) is 24.3 Å². The van der Waals surface area contributed by atoms with Crippen LogP contribution in [0, 0.1) is 0 Å². The highest BCUT2D eigenvalue weighted by Crippen LogP contribution is 2.42. The van der Waals surface area contributed by atoms with E-state index < -0.39 is 26.5 Å². The molecule has 0 aromatic heterocycles. The lowest BCUT2D eigenvalue weighted by Crippen LogP contribution is -2.29. The molecule has 0 bridgehead atoms. The lowest BCUT2D eigenvalue weighted by molar-refractivity contribution is -0.161. The van der Waals surface area contributed by atoms with Crippen LogP contribution in [-0.4, -0.2) is 43.3 Å². The van der Waals surface area contributed by atoms with Crippen LogP contribution in [0.1, 0.15) is 258 Å². The molecule has 0 fully saturated rings. The molecule has 59 heavy (non-hydrogen) atoms. The molecule has 0 aromatic rings. The van der Waals surface area contributed by atoms with Crippen LogP contribution in [0.5, 0.6) is 0 Å². The van der Waals surface area contributed by atoms with Crippen molar-refractivity contribution < 1.29 is 37.6 Å². The Morgan fingerprint density at radius 2 is 0.814 bits per heavy atom. The zero-order valence-electron chi connectivity index (χ0n) is 38.9. The van der Waals surface area contributed by atoms with Crippen molar-refractivity contribution in [2.45, 2.75) is 264 Å². The van der Waals surface area contributed by atoms with Gasteiger partial charge in [-0.05, 0) is 44.9 Å². The minimum absolute atomic E-state index is 0.224. The van der Waals surface area contributed by atoms with E-state index in [1.807, 2.05) is 0 Å². The number of hydrogen-bond donors (Lipinski definition) is 1. The van der Waals surface area contributed by atoms with E-state index in [9.17, 15) is 19.0 Å². The third kappa shape index (κ3) is 45.9. The third-order valence-electron chi connectivity index (χ3n) is 11.2. The molecule has 0 amide bonds. The monoisotopic (exact) mass is 855 g/mol. The summed E-state index contributed by atoms with van der Waals surface area (Å²) in [4.78, 5) is 34.6. The molecule has 0 rings (SSSR count). The summed E-state index contributed by atoms with van der Waals surface area (Å²) in [7, 11) is -3.20. The van der Waals surface area contributed by atoms with Crippen molar-refractivity contribution in [2.24, 2.45) is 0 Å². The molecule has 0 radical (unpaired) electrons. The smallest absolute Gasteiger partial charge is 0.462 e. The molecule has 8 nitrogen and oxygen atoms in total. The number of carbonyl (C=O) groups excluding carboxylic acids is 2. The molecule has 0 aliphatic heterocycles. The lowest BCUT2D eigenvalue weighted by Gasteiger charge is -2.19. The SMILES string of the molecule is CCCCC/C=C\C/C=C\CCCCCCCCCC(=O)OC(COC(=O)CCCCCCCCCCCCCCCCCCCCCCCCC)COP(=O)(O)OC. The minimum atomic E-state index is -4.26. The molecule has 2 atom stereocenters. The molecular weight excluding hydrogens is 760 g/mol. The summed E-state index contributed by atoms with van der Waals surface area (Å²) >= 11 is 0. The molecule has 9 heteroatoms. The number of phosphoric acid groups is 1. The van der Waals surface area contributed by atoms with Gasteiger partial charge in [-0.2, -0.15) is 0 Å². The Morgan fingerprint density at radius 1 is 0.475 bits per heavy atom. The van der Waals surface area contributed by atoms with E-state index in [2.05, 4.69) is 42.7 Å². The Morgan fingerprint density at radius 3 is 1.22 bits per heavy atom. The molecule has 0 spiro atoms. The second-order valence-electron chi connectivity index (χ2n) is 17.0. The fraction of sp³-hybridized carbons (Fsp3) is 0.880. The molecule has 1 N–H and O–H groups in total. The zero-order chi connectivity index (χ0) is 43.2. The number of carbonyl (C=O) groups is 2. The van der Waals surface area contributed by atoms with Gasteiger partial charge < -0.3 is 14.4 Å². The van der Waals surface area contributed by atoms with Gasteiger partial charge in [0.25, 0.3) is 0 Å². The molecule has 0 aliphatic carbocycles. The quantitative estimate of drug-likeness (QED) is 0.0279. The molecule has 0 aromatic carbocycles. The third-order valence-corrected chi connectivity index (χ3v) is 12.1. The number of ether oxygens (including phenoxy) is 2. The van der Waals surface area contributed by atoms with E-state index in [1.54, 1.807) is 0 Å². The minimum Gasteiger partial charge on any atom is -0.462 e. The fourth-order valence-electron chi connectivity index (χ4n) is 7.34. The van der Waals surface area contributed by atoms with Gasteiger partial charge in [0.15, 0.2) is 6.10 Å². The fourth-order valence-corrected chi connectivity index (χ4v) is 7.80. The maximum Gasteiger partial charge on any atom is 0.472 e. The van der Waals surface area contributed by atoms with E-state index in [1.165, 1.54) is 173 Å². The predicted molar refractivity (Wildman–Crippen MR) is 249 cm³/mol. The summed E-state index contributed by atoms with van der Waals surface area (Å²) in [6.45, 7) is 3.90. The summed E-state index contributed by atoms with van der Waals surface area (Å²) in [5.41, 5.74) is 0. The van der Waals surface area contributed by atoms with Crippen LogP contribution in [-0.2, 0) is 32.7 Å². The molecule has 0 saturated carbocycles. The maximum absolute atomic E-state index is 12.5. The van der Waals surface area contributed by atoms with Gasteiger partial charge >= 0.3 is 19.8 Å². The maximum atomic E-state index is 12.5. The van der Waals surface area contributed by atoms with Crippen molar-refractivity contribution in [2.75, 3.05) is 20.3 Å². The molecule has 348 valence electrons. The number of hydrogen-bond acceptors (Lipinski definition) is 7. The summed E-state index contributed by atoms with van der Waals surface area (Å²) < 4.78 is 32.1. The Balaban J connectivity index is 3.86. The van der Waals surface area contributed by atoms with E-state index in [-0.39, 0.29) is 19.0 Å². The topological polar surface area (TPSA) is 108 Å². The van der Waals surface area contributed by atoms with Gasteiger partial charge in [0, 0.05) is 20.0 Å². The Bertz CT molecular complexity index is 1010. The van der Waals surface area contributed by atoms with Crippen LogP contribution in [0.4, 0.5) is 0 Å². The average molecular weight is 855 g/mol. The number of unbranched alkanes of at least 4 members (excludes halogenated alkanes) is 32. The van der Waals surface area contributed by atoms with Gasteiger partial charge in [0.1, 0.15) is 6.61 Å². The van der Waals surface area contributed by atoms with E-state index in [0.717, 1.165) is 58.5 Å². The van der Waals surface area contributed by atoms with E-state index in [0.29, 0.717) is 12.8 Å². The standard InChI is InChI=1S/C50H95O8P/c1-4-6-8-10-12-14-16-18-20-22-23-24-25-26-27-29-30-32-34-36-38-40-42-44-49(51)56-46-48(47-57-59(53,54)55-3)58-50(52)45-43-41-39-37-35-33-31-28-21-19-17-15-13-11-9-7-5-2/h13,15,19,21,48H,4-12,14,16-18,20,22-47H2,1-3H3,(H,53,54)/b15-13-,21-19-. The molecule has 0 saturated heterocycles. The van der Waals surface area contributed by atoms with Crippen LogP contribution in [0.25, 0.3) is 0 Å². The van der Waals surface area contributed by atoms with Crippen LogP contribution >= 0.6 is 7.82 Å². The summed E-state index contributed by atoms with van der Waals surface area (Å²) in [5.74, 6) is -0.799. The highest BCUT2D eigenvalue weighted by atomic mass is 31.2. The highest BCUT2D eigenvalue weighted by Gasteiger charge is 2.24. The Hall–Kier alpha value is -1.47. The molecule has 0 aliphatic rings. The number of esters is 2. The van der Waals surface area contributed by atoms with Crippen molar-refractivity contribution in [1.82, 2.24) is 0 Å². The van der Waals surface area contributed by atoms with E-state index in [4.69, 9.17) is 14.0 Å². The highest BCUT2D eigenvalue weighted by molar-refractivity contribution is 7.47. The lowest BCUT2D eigenvalue weighted by atomic mass is 10.0. The van der Waals surface area contributed by atoms with Crippen molar-refractivity contribution in [1.29, 1.82) is 0 Å². The van der Waals surface area contributed by atoms with Crippen LogP contribution in [0.3, 0.4) is 0 Å².